The second kappa shape index (κ2) is 3.22. The van der Waals surface area contributed by atoms with Gasteiger partial charge in [0.25, 0.3) is 0 Å². The fraction of sp³-hybridized carbons (Fsp3) is 0.500. The molecule has 0 aliphatic carbocycles. The quantitative estimate of drug-likeness (QED) is 0.626. The van der Waals surface area contributed by atoms with Crippen molar-refractivity contribution in [3.63, 3.8) is 0 Å². The lowest BCUT2D eigenvalue weighted by atomic mass is 9.90. The van der Waals surface area contributed by atoms with Gasteiger partial charge in [-0.3, -0.25) is 4.90 Å². The van der Waals surface area contributed by atoms with Crippen molar-refractivity contribution < 1.29 is 5.11 Å². The summed E-state index contributed by atoms with van der Waals surface area (Å²) < 4.78 is 0. The molecule has 1 fully saturated rings. The highest BCUT2D eigenvalue weighted by atomic mass is 16.3. The van der Waals surface area contributed by atoms with Crippen molar-refractivity contribution in [1.29, 1.82) is 0 Å². The van der Waals surface area contributed by atoms with E-state index in [2.05, 4.69) is 4.90 Å². The van der Waals surface area contributed by atoms with Crippen LogP contribution < -0.4 is 5.73 Å². The average molecular weight is 204 g/mol. The molecule has 3 nitrogen and oxygen atoms in total. The van der Waals surface area contributed by atoms with Crippen molar-refractivity contribution >= 4 is 5.69 Å². The van der Waals surface area contributed by atoms with Gasteiger partial charge in [-0.25, -0.2) is 0 Å². The van der Waals surface area contributed by atoms with E-state index in [1.54, 1.807) is 0 Å². The molecular weight excluding hydrogens is 188 g/mol. The number of benzene rings is 1. The molecule has 80 valence electrons. The number of fused-ring (bicyclic) bond motifs is 2. The highest BCUT2D eigenvalue weighted by Crippen LogP contribution is 2.38. The molecule has 1 saturated heterocycles. The Labute approximate surface area is 89.5 Å². The molecule has 2 atom stereocenters. The van der Waals surface area contributed by atoms with E-state index >= 15 is 0 Å². The zero-order chi connectivity index (χ0) is 10.4. The molecule has 1 aromatic rings. The minimum Gasteiger partial charge on any atom is -0.398 e. The van der Waals surface area contributed by atoms with Crippen LogP contribution in [0.5, 0.6) is 0 Å². The first-order valence-corrected chi connectivity index (χ1v) is 5.57. The lowest BCUT2D eigenvalue weighted by Gasteiger charge is -2.36. The fourth-order valence-electron chi connectivity index (χ4n) is 2.90. The van der Waals surface area contributed by atoms with Gasteiger partial charge in [-0.05, 0) is 36.6 Å². The lowest BCUT2D eigenvalue weighted by Crippen LogP contribution is -2.39. The number of aliphatic hydroxyl groups excluding tert-OH is 1. The topological polar surface area (TPSA) is 49.5 Å². The molecule has 2 heterocycles. The Morgan fingerprint density at radius 1 is 1.40 bits per heavy atom. The van der Waals surface area contributed by atoms with Crippen LogP contribution in [-0.4, -0.2) is 22.6 Å². The van der Waals surface area contributed by atoms with Crippen LogP contribution in [0, 0.1) is 0 Å². The van der Waals surface area contributed by atoms with Gasteiger partial charge in [0.2, 0.25) is 0 Å². The second-order valence-electron chi connectivity index (χ2n) is 4.54. The number of anilines is 1. The SMILES string of the molecule is Nc1cccc2c1CN1CCC[C@H]1C2O. The van der Waals surface area contributed by atoms with Crippen molar-refractivity contribution in [2.24, 2.45) is 0 Å². The minimum absolute atomic E-state index is 0.319. The van der Waals surface area contributed by atoms with Crippen molar-refractivity contribution in [1.82, 2.24) is 4.90 Å². The Hall–Kier alpha value is -1.06. The largest absolute Gasteiger partial charge is 0.398 e. The number of rotatable bonds is 0. The summed E-state index contributed by atoms with van der Waals surface area (Å²) in [6.45, 7) is 2.00. The van der Waals surface area contributed by atoms with Gasteiger partial charge in [0.05, 0.1) is 6.10 Å². The van der Waals surface area contributed by atoms with Crippen LogP contribution in [0.4, 0.5) is 5.69 Å². The molecule has 3 rings (SSSR count). The fourth-order valence-corrected chi connectivity index (χ4v) is 2.90. The lowest BCUT2D eigenvalue weighted by molar-refractivity contribution is 0.0536. The van der Waals surface area contributed by atoms with E-state index in [0.717, 1.165) is 36.3 Å². The van der Waals surface area contributed by atoms with Crippen molar-refractivity contribution in [3.8, 4) is 0 Å². The maximum atomic E-state index is 10.3. The van der Waals surface area contributed by atoms with Crippen LogP contribution in [0.25, 0.3) is 0 Å². The zero-order valence-corrected chi connectivity index (χ0v) is 8.69. The average Bonchev–Trinajstić information content (AvgIpc) is 2.68. The highest BCUT2D eigenvalue weighted by Gasteiger charge is 2.37. The number of nitrogens with zero attached hydrogens (tertiary/aromatic N) is 1. The number of nitrogens with two attached hydrogens (primary N) is 1. The van der Waals surface area contributed by atoms with Gasteiger partial charge in [0, 0.05) is 18.3 Å². The monoisotopic (exact) mass is 204 g/mol. The summed E-state index contributed by atoms with van der Waals surface area (Å²) in [7, 11) is 0. The maximum absolute atomic E-state index is 10.3. The van der Waals surface area contributed by atoms with E-state index in [0.29, 0.717) is 6.04 Å². The maximum Gasteiger partial charge on any atom is 0.0949 e. The minimum atomic E-state index is -0.347. The summed E-state index contributed by atoms with van der Waals surface area (Å²) in [5, 5.41) is 10.3. The number of nitrogen functional groups attached to an aromatic ring is 1. The highest BCUT2D eigenvalue weighted by molar-refractivity contribution is 5.53. The Morgan fingerprint density at radius 3 is 3.13 bits per heavy atom. The van der Waals surface area contributed by atoms with Crippen LogP contribution in [0.1, 0.15) is 30.1 Å². The van der Waals surface area contributed by atoms with E-state index in [-0.39, 0.29) is 6.10 Å². The summed E-state index contributed by atoms with van der Waals surface area (Å²) in [4.78, 5) is 2.35. The van der Waals surface area contributed by atoms with Crippen molar-refractivity contribution in [3.05, 3.63) is 29.3 Å². The smallest absolute Gasteiger partial charge is 0.0949 e. The molecule has 0 amide bonds. The summed E-state index contributed by atoms with van der Waals surface area (Å²) in [6.07, 6.45) is 1.95. The number of aliphatic hydroxyl groups is 1. The first-order chi connectivity index (χ1) is 7.27. The zero-order valence-electron chi connectivity index (χ0n) is 8.69. The third kappa shape index (κ3) is 1.27. The van der Waals surface area contributed by atoms with Gasteiger partial charge in [-0.2, -0.15) is 0 Å². The molecule has 0 spiro atoms. The standard InChI is InChI=1S/C12H16N2O/c13-10-4-1-3-8-9(10)7-14-6-2-5-11(14)12(8)15/h1,3-4,11-12,15H,2,5-7,13H2/t11-,12?/m0/s1. The molecule has 1 aromatic carbocycles. The first kappa shape index (κ1) is 9.19. The third-order valence-corrected chi connectivity index (χ3v) is 3.71. The molecule has 0 aromatic heterocycles. The van der Waals surface area contributed by atoms with E-state index in [4.69, 9.17) is 5.73 Å². The normalized spacial score (nSPS) is 29.9. The molecule has 0 saturated carbocycles. The van der Waals surface area contributed by atoms with Gasteiger partial charge in [0.15, 0.2) is 0 Å². The first-order valence-electron chi connectivity index (χ1n) is 5.57. The third-order valence-electron chi connectivity index (χ3n) is 3.71. The summed E-state index contributed by atoms with van der Waals surface area (Å²) in [6, 6.07) is 6.18. The Morgan fingerprint density at radius 2 is 2.27 bits per heavy atom. The molecule has 2 aliphatic heterocycles. The van der Waals surface area contributed by atoms with Gasteiger partial charge in [-0.1, -0.05) is 12.1 Å². The van der Waals surface area contributed by atoms with Gasteiger partial charge < -0.3 is 10.8 Å². The molecule has 0 bridgehead atoms. The van der Waals surface area contributed by atoms with Gasteiger partial charge in [-0.15, -0.1) is 0 Å². The molecule has 2 aliphatic rings. The van der Waals surface area contributed by atoms with Crippen molar-refractivity contribution in [2.45, 2.75) is 31.5 Å². The molecule has 1 unspecified atom stereocenters. The summed E-state index contributed by atoms with van der Waals surface area (Å²) in [5.74, 6) is 0. The van der Waals surface area contributed by atoms with Crippen molar-refractivity contribution in [2.75, 3.05) is 12.3 Å². The van der Waals surface area contributed by atoms with E-state index in [1.807, 2.05) is 18.2 Å². The summed E-state index contributed by atoms with van der Waals surface area (Å²) >= 11 is 0. The predicted octanol–water partition coefficient (Wildman–Crippen LogP) is 1.28. The van der Waals surface area contributed by atoms with E-state index in [9.17, 15) is 5.11 Å². The number of hydrogen-bond acceptors (Lipinski definition) is 3. The van der Waals surface area contributed by atoms with E-state index < -0.39 is 0 Å². The molecular formula is C12H16N2O. The van der Waals surface area contributed by atoms with E-state index in [1.165, 1.54) is 6.42 Å². The van der Waals surface area contributed by atoms with Crippen LogP contribution in [0.2, 0.25) is 0 Å². The van der Waals surface area contributed by atoms with Crippen LogP contribution in [0.15, 0.2) is 18.2 Å². The molecule has 15 heavy (non-hydrogen) atoms. The Kier molecular flexibility index (Phi) is 1.97. The Bertz CT molecular complexity index is 391. The summed E-state index contributed by atoms with van der Waals surface area (Å²) in [5.41, 5.74) is 8.93. The number of hydrogen-bond donors (Lipinski definition) is 2. The van der Waals surface area contributed by atoms with Gasteiger partial charge in [0.1, 0.15) is 0 Å². The Balaban J connectivity index is 2.08. The van der Waals surface area contributed by atoms with Crippen LogP contribution in [0.3, 0.4) is 0 Å². The molecule has 0 radical (unpaired) electrons. The second-order valence-corrected chi connectivity index (χ2v) is 4.54. The molecule has 3 heteroatoms. The van der Waals surface area contributed by atoms with Crippen LogP contribution in [-0.2, 0) is 6.54 Å². The predicted molar refractivity (Wildman–Crippen MR) is 59.2 cm³/mol. The van der Waals surface area contributed by atoms with Crippen LogP contribution >= 0.6 is 0 Å². The van der Waals surface area contributed by atoms with Gasteiger partial charge >= 0.3 is 0 Å². The molecule has 3 N–H and O–H groups in total.